The number of carbonyl (C=O) groups excluding carboxylic acids is 1. The van der Waals surface area contributed by atoms with Crippen molar-refractivity contribution in [1.29, 1.82) is 0 Å². The van der Waals surface area contributed by atoms with Gasteiger partial charge in [-0.25, -0.2) is 4.79 Å². The number of methoxy groups -OCH3 is 1. The summed E-state index contributed by atoms with van der Waals surface area (Å²) in [6.07, 6.45) is -1.92. The SMILES string of the molecule is COC(=O)C1(C(F)(F)F)OC2C3C=CN(C3)C21. The fraction of sp³-hybridized carbons (Fsp3) is 0.700. The first kappa shape index (κ1) is 10.9. The average Bonchev–Trinajstić information content (AvgIpc) is 2.72. The highest BCUT2D eigenvalue weighted by Gasteiger charge is 2.80. The maximum Gasteiger partial charge on any atom is 0.430 e. The lowest BCUT2D eigenvalue weighted by Crippen LogP contribution is -2.77. The van der Waals surface area contributed by atoms with Crippen LogP contribution in [-0.2, 0) is 14.3 Å². The van der Waals surface area contributed by atoms with E-state index in [4.69, 9.17) is 4.74 Å². The first-order valence-electron chi connectivity index (χ1n) is 5.19. The van der Waals surface area contributed by atoms with Gasteiger partial charge in [0.05, 0.1) is 13.2 Å². The van der Waals surface area contributed by atoms with E-state index in [2.05, 4.69) is 4.74 Å². The van der Waals surface area contributed by atoms with Crippen LogP contribution in [0.15, 0.2) is 12.3 Å². The molecule has 0 N–H and O–H groups in total. The van der Waals surface area contributed by atoms with Crippen molar-refractivity contribution >= 4 is 5.97 Å². The summed E-state index contributed by atoms with van der Waals surface area (Å²) in [6.45, 7) is 0.476. The minimum atomic E-state index is -4.76. The van der Waals surface area contributed by atoms with E-state index >= 15 is 0 Å². The Balaban J connectivity index is 2.00. The maximum atomic E-state index is 13.1. The van der Waals surface area contributed by atoms with E-state index in [0.717, 1.165) is 7.11 Å². The van der Waals surface area contributed by atoms with Gasteiger partial charge in [0.15, 0.2) is 0 Å². The molecule has 94 valence electrons. The first-order valence-corrected chi connectivity index (χ1v) is 5.19. The zero-order valence-electron chi connectivity index (χ0n) is 8.90. The van der Waals surface area contributed by atoms with Crippen molar-refractivity contribution in [1.82, 2.24) is 4.90 Å². The van der Waals surface area contributed by atoms with Crippen LogP contribution in [0, 0.1) is 5.92 Å². The Morgan fingerprint density at radius 2 is 2.29 bits per heavy atom. The number of hydrogen-bond donors (Lipinski definition) is 0. The molecule has 3 rings (SSSR count). The van der Waals surface area contributed by atoms with Gasteiger partial charge < -0.3 is 14.4 Å². The third-order valence-corrected chi connectivity index (χ3v) is 3.69. The van der Waals surface area contributed by atoms with Crippen LogP contribution in [0.25, 0.3) is 0 Å². The molecule has 7 heteroatoms. The third kappa shape index (κ3) is 1.05. The highest BCUT2D eigenvalue weighted by atomic mass is 19.4. The number of fused-ring (bicyclic) bond motifs is 5. The number of nitrogens with zero attached hydrogens (tertiary/aromatic N) is 1. The summed E-state index contributed by atoms with van der Waals surface area (Å²) >= 11 is 0. The predicted molar refractivity (Wildman–Crippen MR) is 48.8 cm³/mol. The predicted octanol–water partition coefficient (Wildman–Crippen LogP) is 0.687. The molecule has 2 fully saturated rings. The Bertz CT molecular complexity index is 408. The Hall–Kier alpha value is -1.24. The summed E-state index contributed by atoms with van der Waals surface area (Å²) in [5.41, 5.74) is -2.81. The molecule has 2 saturated heterocycles. The van der Waals surface area contributed by atoms with Gasteiger partial charge in [-0.15, -0.1) is 0 Å². The van der Waals surface area contributed by atoms with E-state index in [1.807, 2.05) is 0 Å². The van der Waals surface area contributed by atoms with Crippen LogP contribution < -0.4 is 0 Å². The second kappa shape index (κ2) is 2.95. The number of ether oxygens (including phenoxy) is 2. The number of alkyl halides is 3. The summed E-state index contributed by atoms with van der Waals surface area (Å²) < 4.78 is 48.4. The highest BCUT2D eigenvalue weighted by molar-refractivity contribution is 5.83. The minimum absolute atomic E-state index is 0.0554. The van der Waals surface area contributed by atoms with Crippen LogP contribution in [0.1, 0.15) is 0 Å². The molecule has 4 atom stereocenters. The second-order valence-electron chi connectivity index (χ2n) is 4.45. The van der Waals surface area contributed by atoms with Gasteiger partial charge in [0.1, 0.15) is 6.04 Å². The lowest BCUT2D eigenvalue weighted by atomic mass is 9.79. The summed E-state index contributed by atoms with van der Waals surface area (Å²) in [5.74, 6) is -1.42. The third-order valence-electron chi connectivity index (χ3n) is 3.69. The molecule has 3 aliphatic rings. The monoisotopic (exact) mass is 249 g/mol. The quantitative estimate of drug-likeness (QED) is 0.641. The summed E-state index contributed by atoms with van der Waals surface area (Å²) in [7, 11) is 0.935. The lowest BCUT2D eigenvalue weighted by molar-refractivity contribution is -0.359. The van der Waals surface area contributed by atoms with Crippen molar-refractivity contribution in [2.45, 2.75) is 23.9 Å². The second-order valence-corrected chi connectivity index (χ2v) is 4.45. The lowest BCUT2D eigenvalue weighted by Gasteiger charge is -2.53. The van der Waals surface area contributed by atoms with Gasteiger partial charge >= 0.3 is 12.1 Å². The number of hydrogen-bond acceptors (Lipinski definition) is 4. The molecular weight excluding hydrogens is 239 g/mol. The number of rotatable bonds is 1. The molecule has 0 aromatic rings. The molecule has 0 spiro atoms. The van der Waals surface area contributed by atoms with Crippen molar-refractivity contribution in [3.8, 4) is 0 Å². The smallest absolute Gasteiger partial charge is 0.430 e. The van der Waals surface area contributed by atoms with Crippen molar-refractivity contribution in [2.24, 2.45) is 5.92 Å². The molecule has 3 heterocycles. The molecule has 0 saturated carbocycles. The fourth-order valence-corrected chi connectivity index (χ4v) is 2.93. The molecule has 0 aliphatic carbocycles. The Morgan fingerprint density at radius 1 is 1.59 bits per heavy atom. The van der Waals surface area contributed by atoms with E-state index in [1.54, 1.807) is 12.3 Å². The van der Waals surface area contributed by atoms with E-state index in [1.165, 1.54) is 4.90 Å². The molecule has 3 aliphatic heterocycles. The number of esters is 1. The summed E-state index contributed by atoms with van der Waals surface area (Å²) in [5, 5.41) is 0. The largest absolute Gasteiger partial charge is 0.467 e. The molecule has 0 amide bonds. The van der Waals surface area contributed by atoms with Gasteiger partial charge in [-0.3, -0.25) is 0 Å². The van der Waals surface area contributed by atoms with Gasteiger partial charge in [-0.1, -0.05) is 6.08 Å². The Labute approximate surface area is 95.0 Å². The summed E-state index contributed by atoms with van der Waals surface area (Å²) in [4.78, 5) is 13.0. The minimum Gasteiger partial charge on any atom is -0.467 e. The van der Waals surface area contributed by atoms with E-state index in [0.29, 0.717) is 6.54 Å². The van der Waals surface area contributed by atoms with E-state index in [9.17, 15) is 18.0 Å². The zero-order valence-corrected chi connectivity index (χ0v) is 8.90. The van der Waals surface area contributed by atoms with E-state index < -0.39 is 29.9 Å². The highest BCUT2D eigenvalue weighted by Crippen LogP contribution is 2.55. The number of halogens is 3. The van der Waals surface area contributed by atoms with E-state index in [-0.39, 0.29) is 5.92 Å². The van der Waals surface area contributed by atoms with Crippen LogP contribution >= 0.6 is 0 Å². The normalized spacial score (nSPS) is 42.4. The Morgan fingerprint density at radius 3 is 2.82 bits per heavy atom. The van der Waals surface area contributed by atoms with Crippen LogP contribution in [0.4, 0.5) is 13.2 Å². The van der Waals surface area contributed by atoms with Crippen LogP contribution in [-0.4, -0.2) is 48.4 Å². The van der Waals surface area contributed by atoms with Gasteiger partial charge in [0, 0.05) is 12.5 Å². The molecule has 0 radical (unpaired) electrons. The fourth-order valence-electron chi connectivity index (χ4n) is 2.93. The van der Waals surface area contributed by atoms with Gasteiger partial charge in [0.25, 0.3) is 5.60 Å². The van der Waals surface area contributed by atoms with Crippen molar-refractivity contribution < 1.29 is 27.4 Å². The topological polar surface area (TPSA) is 38.8 Å². The van der Waals surface area contributed by atoms with Crippen LogP contribution in [0.3, 0.4) is 0 Å². The van der Waals surface area contributed by atoms with Crippen LogP contribution in [0.5, 0.6) is 0 Å². The molecule has 0 aromatic heterocycles. The Kier molecular flexibility index (Phi) is 1.89. The van der Waals surface area contributed by atoms with Gasteiger partial charge in [0.2, 0.25) is 0 Å². The van der Waals surface area contributed by atoms with Gasteiger partial charge in [-0.05, 0) is 6.20 Å². The molecule has 2 bridgehead atoms. The van der Waals surface area contributed by atoms with Gasteiger partial charge in [-0.2, -0.15) is 13.2 Å². The first-order chi connectivity index (χ1) is 7.91. The zero-order chi connectivity index (χ0) is 12.4. The average molecular weight is 249 g/mol. The van der Waals surface area contributed by atoms with Crippen molar-refractivity contribution in [3.05, 3.63) is 12.3 Å². The maximum absolute atomic E-state index is 13.1. The molecule has 0 aromatic carbocycles. The number of carbonyl (C=O) groups is 1. The molecular formula is C10H10F3NO3. The van der Waals surface area contributed by atoms with Crippen LogP contribution in [0.2, 0.25) is 0 Å². The molecule has 4 unspecified atom stereocenters. The molecule has 17 heavy (non-hydrogen) atoms. The van der Waals surface area contributed by atoms with Crippen molar-refractivity contribution in [2.75, 3.05) is 13.7 Å². The summed E-state index contributed by atoms with van der Waals surface area (Å²) in [6, 6.07) is -0.982. The standard InChI is InChI=1S/C10H10F3NO3/c1-16-8(15)9(10(11,12)13)7-6(17-9)5-2-3-14(7)4-5/h2-3,5-7H,4H2,1H3. The molecule has 4 nitrogen and oxygen atoms in total. The van der Waals surface area contributed by atoms with Crippen molar-refractivity contribution in [3.63, 3.8) is 0 Å².